The van der Waals surface area contributed by atoms with E-state index in [2.05, 4.69) is 10.0 Å². The van der Waals surface area contributed by atoms with Gasteiger partial charge < -0.3 is 11.1 Å². The van der Waals surface area contributed by atoms with Gasteiger partial charge in [-0.2, -0.15) is 0 Å². The van der Waals surface area contributed by atoms with Gasteiger partial charge in [-0.05, 0) is 23.6 Å². The van der Waals surface area contributed by atoms with Gasteiger partial charge in [-0.15, -0.1) is 0 Å². The van der Waals surface area contributed by atoms with Crippen LogP contribution >= 0.6 is 0 Å². The topological polar surface area (TPSA) is 101 Å². The van der Waals surface area contributed by atoms with Crippen molar-refractivity contribution in [3.8, 4) is 0 Å². The van der Waals surface area contributed by atoms with Gasteiger partial charge in [0.05, 0.1) is 5.75 Å². The standard InChI is InChI=1S/C14H23N3O3S/c1-3-17-21(19,20)9-8-16-14(18)10-11(2)12-4-6-13(15)7-5-12/h4-7,11,17H,3,8-10,15H2,1-2H3,(H,16,18). The van der Waals surface area contributed by atoms with Crippen LogP contribution in [0.25, 0.3) is 0 Å². The number of carbonyl (C=O) groups excluding carboxylic acids is 1. The van der Waals surface area contributed by atoms with E-state index in [4.69, 9.17) is 5.73 Å². The number of anilines is 1. The van der Waals surface area contributed by atoms with E-state index in [1.807, 2.05) is 19.1 Å². The van der Waals surface area contributed by atoms with Crippen molar-refractivity contribution >= 4 is 21.6 Å². The number of nitrogen functional groups attached to an aromatic ring is 1. The van der Waals surface area contributed by atoms with E-state index < -0.39 is 10.0 Å². The summed E-state index contributed by atoms with van der Waals surface area (Å²) in [5.74, 6) is -0.218. The normalized spacial score (nSPS) is 12.9. The number of nitrogens with one attached hydrogen (secondary N) is 2. The van der Waals surface area contributed by atoms with Crippen LogP contribution in [-0.2, 0) is 14.8 Å². The smallest absolute Gasteiger partial charge is 0.220 e. The van der Waals surface area contributed by atoms with E-state index >= 15 is 0 Å². The highest BCUT2D eigenvalue weighted by molar-refractivity contribution is 7.89. The van der Waals surface area contributed by atoms with Crippen molar-refractivity contribution in [2.75, 3.05) is 24.6 Å². The molecule has 0 aliphatic carbocycles. The molecule has 0 radical (unpaired) electrons. The zero-order valence-corrected chi connectivity index (χ0v) is 13.2. The molecule has 0 aromatic heterocycles. The zero-order valence-electron chi connectivity index (χ0n) is 12.4. The molecule has 1 amide bonds. The Morgan fingerprint density at radius 1 is 1.29 bits per heavy atom. The molecule has 6 nitrogen and oxygen atoms in total. The van der Waals surface area contributed by atoms with Crippen LogP contribution in [0, 0.1) is 0 Å². The zero-order chi connectivity index (χ0) is 15.9. The summed E-state index contributed by atoms with van der Waals surface area (Å²) in [7, 11) is -3.29. The third-order valence-electron chi connectivity index (χ3n) is 3.05. The average molecular weight is 313 g/mol. The van der Waals surface area contributed by atoms with Gasteiger partial charge in [0.2, 0.25) is 15.9 Å². The Balaban J connectivity index is 2.38. The highest BCUT2D eigenvalue weighted by atomic mass is 32.2. The molecule has 0 saturated heterocycles. The molecule has 1 rings (SSSR count). The summed E-state index contributed by atoms with van der Waals surface area (Å²) in [4.78, 5) is 11.8. The minimum atomic E-state index is -3.29. The number of carbonyl (C=O) groups is 1. The number of amides is 1. The van der Waals surface area contributed by atoms with E-state index in [1.54, 1.807) is 19.1 Å². The highest BCUT2D eigenvalue weighted by Gasteiger charge is 2.13. The van der Waals surface area contributed by atoms with Crippen LogP contribution in [0.1, 0.15) is 31.7 Å². The van der Waals surface area contributed by atoms with Gasteiger partial charge >= 0.3 is 0 Å². The molecule has 1 atom stereocenters. The Morgan fingerprint density at radius 3 is 2.48 bits per heavy atom. The summed E-state index contributed by atoms with van der Waals surface area (Å²) >= 11 is 0. The SMILES string of the molecule is CCNS(=O)(=O)CCNC(=O)CC(C)c1ccc(N)cc1. The van der Waals surface area contributed by atoms with Gasteiger partial charge in [0.25, 0.3) is 0 Å². The molecule has 0 saturated carbocycles. The first-order valence-corrected chi connectivity index (χ1v) is 8.58. The quantitative estimate of drug-likeness (QED) is 0.618. The number of nitrogens with two attached hydrogens (primary N) is 1. The van der Waals surface area contributed by atoms with Gasteiger partial charge in [0.15, 0.2) is 0 Å². The Bertz CT molecular complexity index is 555. The Hall–Kier alpha value is -1.60. The minimum absolute atomic E-state index is 0.0518. The van der Waals surface area contributed by atoms with Crippen molar-refractivity contribution in [1.29, 1.82) is 0 Å². The first-order valence-electron chi connectivity index (χ1n) is 6.93. The molecule has 118 valence electrons. The largest absolute Gasteiger partial charge is 0.399 e. The summed E-state index contributed by atoms with van der Waals surface area (Å²) in [6, 6.07) is 7.38. The average Bonchev–Trinajstić information content (AvgIpc) is 2.38. The molecule has 0 aliphatic rings. The molecule has 1 aromatic rings. The Kier molecular flexibility index (Phi) is 6.64. The van der Waals surface area contributed by atoms with Crippen LogP contribution in [0.4, 0.5) is 5.69 Å². The number of sulfonamides is 1. The van der Waals surface area contributed by atoms with Gasteiger partial charge in [-0.25, -0.2) is 13.1 Å². The van der Waals surface area contributed by atoms with Crippen molar-refractivity contribution in [1.82, 2.24) is 10.0 Å². The monoisotopic (exact) mass is 313 g/mol. The lowest BCUT2D eigenvalue weighted by molar-refractivity contribution is -0.121. The van der Waals surface area contributed by atoms with Crippen molar-refractivity contribution in [3.05, 3.63) is 29.8 Å². The molecule has 0 spiro atoms. The van der Waals surface area contributed by atoms with E-state index in [0.717, 1.165) is 5.56 Å². The van der Waals surface area contributed by atoms with Crippen molar-refractivity contribution in [2.45, 2.75) is 26.2 Å². The van der Waals surface area contributed by atoms with Crippen LogP contribution in [0.5, 0.6) is 0 Å². The molecule has 4 N–H and O–H groups in total. The Labute approximate surface area is 126 Å². The van der Waals surface area contributed by atoms with E-state index in [0.29, 0.717) is 18.7 Å². The lowest BCUT2D eigenvalue weighted by Gasteiger charge is -2.12. The van der Waals surface area contributed by atoms with Gasteiger partial charge in [0, 0.05) is 25.2 Å². The number of benzene rings is 1. The second kappa shape index (κ2) is 7.99. The van der Waals surface area contributed by atoms with Gasteiger partial charge in [-0.3, -0.25) is 4.79 Å². The molecule has 0 heterocycles. The fraction of sp³-hybridized carbons (Fsp3) is 0.500. The molecular weight excluding hydrogens is 290 g/mol. The second-order valence-corrected chi connectivity index (χ2v) is 6.86. The van der Waals surface area contributed by atoms with Crippen LogP contribution in [-0.4, -0.2) is 33.2 Å². The maximum absolute atomic E-state index is 11.8. The second-order valence-electron chi connectivity index (χ2n) is 4.94. The van der Waals surface area contributed by atoms with Crippen molar-refractivity contribution in [3.63, 3.8) is 0 Å². The maximum atomic E-state index is 11.8. The predicted octanol–water partition coefficient (Wildman–Crippen LogP) is 0.818. The van der Waals surface area contributed by atoms with E-state index in [9.17, 15) is 13.2 Å². The molecule has 1 aromatic carbocycles. The van der Waals surface area contributed by atoms with Crippen LogP contribution < -0.4 is 15.8 Å². The highest BCUT2D eigenvalue weighted by Crippen LogP contribution is 2.19. The molecule has 21 heavy (non-hydrogen) atoms. The van der Waals surface area contributed by atoms with Crippen LogP contribution in [0.15, 0.2) is 24.3 Å². The lowest BCUT2D eigenvalue weighted by atomic mass is 9.97. The minimum Gasteiger partial charge on any atom is -0.399 e. The first kappa shape index (κ1) is 17.5. The predicted molar refractivity (Wildman–Crippen MR) is 84.4 cm³/mol. The molecule has 0 aliphatic heterocycles. The maximum Gasteiger partial charge on any atom is 0.220 e. The number of hydrogen-bond donors (Lipinski definition) is 3. The molecular formula is C14H23N3O3S. The fourth-order valence-corrected chi connectivity index (χ4v) is 2.86. The molecule has 1 unspecified atom stereocenters. The summed E-state index contributed by atoms with van der Waals surface area (Å²) in [6.45, 7) is 4.12. The van der Waals surface area contributed by atoms with Gasteiger partial charge in [-0.1, -0.05) is 26.0 Å². The van der Waals surface area contributed by atoms with E-state index in [-0.39, 0.29) is 24.1 Å². The Morgan fingerprint density at radius 2 is 1.90 bits per heavy atom. The van der Waals surface area contributed by atoms with E-state index in [1.165, 1.54) is 0 Å². The molecule has 7 heteroatoms. The molecule has 0 fully saturated rings. The number of hydrogen-bond acceptors (Lipinski definition) is 4. The van der Waals surface area contributed by atoms with Crippen LogP contribution in [0.3, 0.4) is 0 Å². The van der Waals surface area contributed by atoms with Gasteiger partial charge in [0.1, 0.15) is 0 Å². The lowest BCUT2D eigenvalue weighted by Crippen LogP contribution is -2.34. The molecule has 0 bridgehead atoms. The van der Waals surface area contributed by atoms with Crippen molar-refractivity contribution < 1.29 is 13.2 Å². The summed E-state index contributed by atoms with van der Waals surface area (Å²) in [6.07, 6.45) is 0.311. The third kappa shape index (κ3) is 6.59. The summed E-state index contributed by atoms with van der Waals surface area (Å²) < 4.78 is 25.2. The van der Waals surface area contributed by atoms with Crippen LogP contribution in [0.2, 0.25) is 0 Å². The fourth-order valence-electron chi connectivity index (χ4n) is 1.91. The summed E-state index contributed by atoms with van der Waals surface area (Å²) in [5, 5.41) is 2.63. The first-order chi connectivity index (χ1) is 9.84. The van der Waals surface area contributed by atoms with Crippen molar-refractivity contribution in [2.24, 2.45) is 0 Å². The number of rotatable bonds is 8. The third-order valence-corrected chi connectivity index (χ3v) is 4.52. The summed E-state index contributed by atoms with van der Waals surface area (Å²) in [5.41, 5.74) is 7.33.